The maximum Gasteiger partial charge on any atom is 0.260 e. The Balaban J connectivity index is 1.40. The summed E-state index contributed by atoms with van der Waals surface area (Å²) in [5.41, 5.74) is 1.67. The van der Waals surface area contributed by atoms with E-state index in [0.717, 1.165) is 18.5 Å². The minimum absolute atomic E-state index is 0.0110. The standard InChI is InChI=1S/C23H29N3O3/c1-25(2)20-8-6-7-19(15-20)23(28)24-16-18-11-13-26(14-12-18)22(27)17-29-21-9-4-3-5-10-21/h3-10,15,18H,11-14,16-17H2,1-2H3,(H,24,28). The van der Waals surface area contributed by atoms with Crippen molar-refractivity contribution in [1.82, 2.24) is 10.2 Å². The zero-order valence-corrected chi connectivity index (χ0v) is 17.1. The van der Waals surface area contributed by atoms with Crippen molar-refractivity contribution in [2.75, 3.05) is 45.2 Å². The molecule has 1 aliphatic rings. The lowest BCUT2D eigenvalue weighted by Gasteiger charge is -2.32. The highest BCUT2D eigenvalue weighted by atomic mass is 16.5. The highest BCUT2D eigenvalue weighted by Crippen LogP contribution is 2.18. The number of rotatable bonds is 7. The molecule has 154 valence electrons. The molecule has 0 unspecified atom stereocenters. The third-order valence-corrected chi connectivity index (χ3v) is 5.25. The molecule has 0 aliphatic carbocycles. The van der Waals surface area contributed by atoms with Crippen LogP contribution in [0.5, 0.6) is 5.75 Å². The number of ether oxygens (including phenoxy) is 1. The first kappa shape index (κ1) is 20.7. The molecule has 1 heterocycles. The van der Waals surface area contributed by atoms with Crippen LogP contribution in [0.25, 0.3) is 0 Å². The molecule has 29 heavy (non-hydrogen) atoms. The van der Waals surface area contributed by atoms with Crippen molar-refractivity contribution in [3.8, 4) is 5.75 Å². The van der Waals surface area contributed by atoms with Gasteiger partial charge in [0.25, 0.3) is 11.8 Å². The third kappa shape index (κ3) is 5.98. The Labute approximate surface area is 172 Å². The summed E-state index contributed by atoms with van der Waals surface area (Å²) in [7, 11) is 3.91. The van der Waals surface area contributed by atoms with Gasteiger partial charge in [-0.05, 0) is 49.1 Å². The number of carbonyl (C=O) groups excluding carboxylic acids is 2. The van der Waals surface area contributed by atoms with Crippen LogP contribution in [0.2, 0.25) is 0 Å². The average molecular weight is 396 g/mol. The smallest absolute Gasteiger partial charge is 0.260 e. The maximum atomic E-state index is 12.4. The predicted octanol–water partition coefficient (Wildman–Crippen LogP) is 2.80. The Hall–Kier alpha value is -3.02. The van der Waals surface area contributed by atoms with E-state index in [9.17, 15) is 9.59 Å². The SMILES string of the molecule is CN(C)c1cccc(C(=O)NCC2CCN(C(=O)COc3ccccc3)CC2)c1. The Kier molecular flexibility index (Phi) is 7.11. The fraction of sp³-hybridized carbons (Fsp3) is 0.391. The van der Waals surface area contributed by atoms with E-state index in [1.807, 2.05) is 78.5 Å². The van der Waals surface area contributed by atoms with Crippen LogP contribution >= 0.6 is 0 Å². The van der Waals surface area contributed by atoms with Gasteiger partial charge in [-0.25, -0.2) is 0 Å². The topological polar surface area (TPSA) is 61.9 Å². The maximum absolute atomic E-state index is 12.4. The molecule has 2 aromatic rings. The van der Waals surface area contributed by atoms with E-state index in [1.54, 1.807) is 0 Å². The van der Waals surface area contributed by atoms with Gasteiger partial charge in [0.1, 0.15) is 5.75 Å². The van der Waals surface area contributed by atoms with Crippen LogP contribution in [0.15, 0.2) is 54.6 Å². The van der Waals surface area contributed by atoms with E-state index in [0.29, 0.717) is 36.9 Å². The fourth-order valence-electron chi connectivity index (χ4n) is 3.40. The van der Waals surface area contributed by atoms with Crippen molar-refractivity contribution < 1.29 is 14.3 Å². The summed E-state index contributed by atoms with van der Waals surface area (Å²) >= 11 is 0. The van der Waals surface area contributed by atoms with Crippen molar-refractivity contribution in [2.24, 2.45) is 5.92 Å². The Morgan fingerprint density at radius 3 is 2.48 bits per heavy atom. The van der Waals surface area contributed by atoms with Crippen molar-refractivity contribution in [3.63, 3.8) is 0 Å². The molecule has 0 saturated carbocycles. The molecule has 1 saturated heterocycles. The molecule has 0 atom stereocenters. The van der Waals surface area contributed by atoms with Crippen LogP contribution in [0.4, 0.5) is 5.69 Å². The number of anilines is 1. The molecule has 3 rings (SSSR count). The van der Waals surface area contributed by atoms with Gasteiger partial charge in [-0.3, -0.25) is 9.59 Å². The zero-order chi connectivity index (χ0) is 20.6. The van der Waals surface area contributed by atoms with Gasteiger partial charge in [-0.1, -0.05) is 24.3 Å². The van der Waals surface area contributed by atoms with Crippen molar-refractivity contribution in [1.29, 1.82) is 0 Å². The number of hydrogen-bond acceptors (Lipinski definition) is 4. The first-order valence-electron chi connectivity index (χ1n) is 10.0. The number of hydrogen-bond donors (Lipinski definition) is 1. The van der Waals surface area contributed by atoms with Crippen molar-refractivity contribution in [2.45, 2.75) is 12.8 Å². The van der Waals surface area contributed by atoms with Crippen LogP contribution < -0.4 is 15.0 Å². The van der Waals surface area contributed by atoms with Crippen LogP contribution in [0.1, 0.15) is 23.2 Å². The van der Waals surface area contributed by atoms with Gasteiger partial charge in [0, 0.05) is 45.0 Å². The van der Waals surface area contributed by atoms with E-state index in [4.69, 9.17) is 4.74 Å². The summed E-state index contributed by atoms with van der Waals surface area (Å²) in [5.74, 6) is 1.05. The molecule has 1 fully saturated rings. The highest BCUT2D eigenvalue weighted by Gasteiger charge is 2.23. The number of carbonyl (C=O) groups is 2. The molecule has 0 spiro atoms. The van der Waals surface area contributed by atoms with E-state index in [-0.39, 0.29) is 18.4 Å². The lowest BCUT2D eigenvalue weighted by Crippen LogP contribution is -2.43. The van der Waals surface area contributed by atoms with Gasteiger partial charge in [0.15, 0.2) is 6.61 Å². The molecule has 0 aromatic heterocycles. The first-order chi connectivity index (χ1) is 14.0. The quantitative estimate of drug-likeness (QED) is 0.783. The lowest BCUT2D eigenvalue weighted by atomic mass is 9.96. The fourth-order valence-corrected chi connectivity index (χ4v) is 3.40. The molecule has 2 amide bonds. The molecular formula is C23H29N3O3. The molecule has 0 bridgehead atoms. The molecular weight excluding hydrogens is 366 g/mol. The molecule has 2 aromatic carbocycles. The Morgan fingerprint density at radius 1 is 1.07 bits per heavy atom. The lowest BCUT2D eigenvalue weighted by molar-refractivity contribution is -0.134. The number of piperidine rings is 1. The van der Waals surface area contributed by atoms with Crippen LogP contribution in [-0.2, 0) is 4.79 Å². The second-order valence-corrected chi connectivity index (χ2v) is 7.58. The Bertz CT molecular complexity index is 815. The van der Waals surface area contributed by atoms with Crippen LogP contribution in [0, 0.1) is 5.92 Å². The van der Waals surface area contributed by atoms with Crippen LogP contribution in [0.3, 0.4) is 0 Å². The Morgan fingerprint density at radius 2 is 1.79 bits per heavy atom. The summed E-state index contributed by atoms with van der Waals surface area (Å²) in [6.07, 6.45) is 1.77. The van der Waals surface area contributed by atoms with Gasteiger partial charge >= 0.3 is 0 Å². The van der Waals surface area contributed by atoms with Gasteiger partial charge in [0.2, 0.25) is 0 Å². The summed E-state index contributed by atoms with van der Waals surface area (Å²) in [6, 6.07) is 17.0. The number of likely N-dealkylation sites (tertiary alicyclic amines) is 1. The largest absolute Gasteiger partial charge is 0.484 e. The van der Waals surface area contributed by atoms with Gasteiger partial charge in [0.05, 0.1) is 0 Å². The molecule has 1 N–H and O–H groups in total. The summed E-state index contributed by atoms with van der Waals surface area (Å²) < 4.78 is 5.55. The van der Waals surface area contributed by atoms with Gasteiger partial charge in [-0.15, -0.1) is 0 Å². The van der Waals surface area contributed by atoms with Crippen molar-refractivity contribution in [3.05, 3.63) is 60.2 Å². The highest BCUT2D eigenvalue weighted by molar-refractivity contribution is 5.95. The summed E-state index contributed by atoms with van der Waals surface area (Å²) in [4.78, 5) is 28.6. The molecule has 6 nitrogen and oxygen atoms in total. The second-order valence-electron chi connectivity index (χ2n) is 7.58. The molecule has 6 heteroatoms. The normalized spacial score (nSPS) is 14.3. The summed E-state index contributed by atoms with van der Waals surface area (Å²) in [6.45, 7) is 2.10. The van der Waals surface area contributed by atoms with Crippen LogP contribution in [-0.4, -0.2) is 57.1 Å². The average Bonchev–Trinajstić information content (AvgIpc) is 2.77. The minimum atomic E-state index is -0.0523. The van der Waals surface area contributed by atoms with E-state index < -0.39 is 0 Å². The number of nitrogens with zero attached hydrogens (tertiary/aromatic N) is 2. The minimum Gasteiger partial charge on any atom is -0.484 e. The zero-order valence-electron chi connectivity index (χ0n) is 17.1. The molecule has 1 aliphatic heterocycles. The number of nitrogens with one attached hydrogen (secondary N) is 1. The second kappa shape index (κ2) is 9.96. The first-order valence-corrected chi connectivity index (χ1v) is 10.0. The molecule has 0 radical (unpaired) electrons. The monoisotopic (exact) mass is 395 g/mol. The van der Waals surface area contributed by atoms with Crippen molar-refractivity contribution >= 4 is 17.5 Å². The number of amides is 2. The van der Waals surface area contributed by atoms with Gasteiger partial charge in [-0.2, -0.15) is 0 Å². The number of para-hydroxylation sites is 1. The number of benzene rings is 2. The van der Waals surface area contributed by atoms with Gasteiger partial charge < -0.3 is 19.9 Å². The van der Waals surface area contributed by atoms with E-state index in [2.05, 4.69) is 5.32 Å². The van der Waals surface area contributed by atoms with E-state index in [1.165, 1.54) is 0 Å². The van der Waals surface area contributed by atoms with E-state index >= 15 is 0 Å². The third-order valence-electron chi connectivity index (χ3n) is 5.25. The summed E-state index contributed by atoms with van der Waals surface area (Å²) in [5, 5.41) is 3.04. The predicted molar refractivity (Wildman–Crippen MR) is 114 cm³/mol.